The van der Waals surface area contributed by atoms with Gasteiger partial charge in [-0.15, -0.1) is 11.3 Å². The zero-order valence-corrected chi connectivity index (χ0v) is 12.7. The molecular formula is C13H21N5S. The number of hydrogen-bond donors (Lipinski definition) is 2. The zero-order chi connectivity index (χ0) is 13.9. The predicted octanol–water partition coefficient (Wildman–Crippen LogP) is 2.25. The Bertz CT molecular complexity index is 532. The monoisotopic (exact) mass is 279 g/mol. The van der Waals surface area contributed by atoms with Crippen molar-refractivity contribution in [2.45, 2.75) is 39.8 Å². The molecule has 2 rings (SSSR count). The van der Waals surface area contributed by atoms with Crippen molar-refractivity contribution in [1.82, 2.24) is 20.0 Å². The third-order valence-corrected chi connectivity index (χ3v) is 3.15. The summed E-state index contributed by atoms with van der Waals surface area (Å²) in [6.07, 6.45) is 4.04. The van der Waals surface area contributed by atoms with Crippen LogP contribution in [-0.4, -0.2) is 27.4 Å². The van der Waals surface area contributed by atoms with E-state index in [1.165, 1.54) is 0 Å². The van der Waals surface area contributed by atoms with Gasteiger partial charge in [-0.05, 0) is 27.7 Å². The standard InChI is InChI=1S/C13H21N5S/c1-5-14-11(17-13(2,3)4)15-8-10-9-18-6-7-19-12(18)16-10/h6-7,9H,5,8H2,1-4H3,(H2,14,15,17). The molecule has 0 unspecified atom stereocenters. The van der Waals surface area contributed by atoms with Crippen LogP contribution in [0.4, 0.5) is 0 Å². The minimum absolute atomic E-state index is 0.00441. The normalized spacial score (nSPS) is 12.9. The SMILES string of the molecule is CCNC(=NCc1cn2ccsc2n1)NC(C)(C)C. The number of hydrogen-bond acceptors (Lipinski definition) is 3. The summed E-state index contributed by atoms with van der Waals surface area (Å²) in [7, 11) is 0. The number of aliphatic imine (C=N–C) groups is 1. The van der Waals surface area contributed by atoms with Gasteiger partial charge in [0.25, 0.3) is 0 Å². The minimum atomic E-state index is -0.00441. The van der Waals surface area contributed by atoms with E-state index in [1.807, 2.05) is 22.2 Å². The van der Waals surface area contributed by atoms with Gasteiger partial charge in [0, 0.05) is 29.9 Å². The Morgan fingerprint density at radius 1 is 1.47 bits per heavy atom. The van der Waals surface area contributed by atoms with Crippen LogP contribution in [0.25, 0.3) is 4.96 Å². The molecule has 0 aromatic carbocycles. The summed E-state index contributed by atoms with van der Waals surface area (Å²) in [5.74, 6) is 0.825. The number of fused-ring (bicyclic) bond motifs is 1. The number of nitrogens with one attached hydrogen (secondary N) is 2. The van der Waals surface area contributed by atoms with Gasteiger partial charge in [0.15, 0.2) is 10.9 Å². The van der Waals surface area contributed by atoms with Gasteiger partial charge in [0.1, 0.15) is 0 Å². The van der Waals surface area contributed by atoms with Crippen LogP contribution in [0.1, 0.15) is 33.4 Å². The number of rotatable bonds is 3. The van der Waals surface area contributed by atoms with Crippen molar-refractivity contribution in [3.63, 3.8) is 0 Å². The highest BCUT2D eigenvalue weighted by Gasteiger charge is 2.11. The van der Waals surface area contributed by atoms with E-state index in [2.05, 4.69) is 48.3 Å². The van der Waals surface area contributed by atoms with Crippen LogP contribution in [-0.2, 0) is 6.54 Å². The van der Waals surface area contributed by atoms with Crippen molar-refractivity contribution in [3.05, 3.63) is 23.5 Å². The highest BCUT2D eigenvalue weighted by atomic mass is 32.1. The van der Waals surface area contributed by atoms with Crippen LogP contribution in [0, 0.1) is 0 Å². The summed E-state index contributed by atoms with van der Waals surface area (Å²) < 4.78 is 2.03. The summed E-state index contributed by atoms with van der Waals surface area (Å²) in [5.41, 5.74) is 0.980. The Balaban J connectivity index is 2.06. The fourth-order valence-electron chi connectivity index (χ4n) is 1.67. The first kappa shape index (κ1) is 13.9. The first-order valence-electron chi connectivity index (χ1n) is 6.45. The van der Waals surface area contributed by atoms with Gasteiger partial charge in [-0.3, -0.25) is 4.40 Å². The van der Waals surface area contributed by atoms with Crippen molar-refractivity contribution in [3.8, 4) is 0 Å². The lowest BCUT2D eigenvalue weighted by atomic mass is 10.1. The minimum Gasteiger partial charge on any atom is -0.357 e. The van der Waals surface area contributed by atoms with E-state index in [4.69, 9.17) is 0 Å². The Morgan fingerprint density at radius 3 is 2.89 bits per heavy atom. The molecule has 0 saturated heterocycles. The number of guanidine groups is 1. The molecule has 104 valence electrons. The quantitative estimate of drug-likeness (QED) is 0.669. The van der Waals surface area contributed by atoms with E-state index in [9.17, 15) is 0 Å². The lowest BCUT2D eigenvalue weighted by Crippen LogP contribution is -2.47. The molecule has 0 fully saturated rings. The van der Waals surface area contributed by atoms with Gasteiger partial charge in [-0.1, -0.05) is 0 Å². The van der Waals surface area contributed by atoms with Gasteiger partial charge >= 0.3 is 0 Å². The summed E-state index contributed by atoms with van der Waals surface area (Å²) in [5, 5.41) is 8.63. The van der Waals surface area contributed by atoms with E-state index in [-0.39, 0.29) is 5.54 Å². The second kappa shape index (κ2) is 5.61. The summed E-state index contributed by atoms with van der Waals surface area (Å²) >= 11 is 1.63. The molecule has 0 saturated carbocycles. The Morgan fingerprint density at radius 2 is 2.26 bits per heavy atom. The molecule has 2 N–H and O–H groups in total. The average molecular weight is 279 g/mol. The topological polar surface area (TPSA) is 53.7 Å². The number of aromatic nitrogens is 2. The number of thiazole rings is 1. The van der Waals surface area contributed by atoms with E-state index in [0.717, 1.165) is 23.2 Å². The summed E-state index contributed by atoms with van der Waals surface area (Å²) in [6.45, 7) is 9.85. The highest BCUT2D eigenvalue weighted by molar-refractivity contribution is 7.15. The molecule has 2 heterocycles. The Labute approximate surface area is 117 Å². The van der Waals surface area contributed by atoms with Crippen molar-refractivity contribution >= 4 is 22.3 Å². The van der Waals surface area contributed by atoms with Gasteiger partial charge in [-0.25, -0.2) is 9.98 Å². The van der Waals surface area contributed by atoms with Crippen molar-refractivity contribution in [1.29, 1.82) is 0 Å². The largest absolute Gasteiger partial charge is 0.357 e. The van der Waals surface area contributed by atoms with Gasteiger partial charge < -0.3 is 10.6 Å². The van der Waals surface area contributed by atoms with E-state index >= 15 is 0 Å². The third-order valence-electron chi connectivity index (χ3n) is 2.38. The fraction of sp³-hybridized carbons (Fsp3) is 0.538. The van der Waals surface area contributed by atoms with Crippen LogP contribution >= 0.6 is 11.3 Å². The molecule has 6 heteroatoms. The molecule has 0 spiro atoms. The molecule has 5 nitrogen and oxygen atoms in total. The highest BCUT2D eigenvalue weighted by Crippen LogP contribution is 2.11. The molecular weight excluding hydrogens is 258 g/mol. The van der Waals surface area contributed by atoms with E-state index < -0.39 is 0 Å². The molecule has 0 radical (unpaired) electrons. The second-order valence-corrected chi connectivity index (χ2v) is 6.27. The first-order valence-corrected chi connectivity index (χ1v) is 7.33. The molecule has 0 aliphatic carbocycles. The molecule has 0 aliphatic rings. The molecule has 0 atom stereocenters. The van der Waals surface area contributed by atoms with Crippen LogP contribution in [0.2, 0.25) is 0 Å². The summed E-state index contributed by atoms with van der Waals surface area (Å²) in [6, 6.07) is 0. The molecule has 2 aromatic heterocycles. The van der Waals surface area contributed by atoms with Gasteiger partial charge in [-0.2, -0.15) is 0 Å². The summed E-state index contributed by atoms with van der Waals surface area (Å²) in [4.78, 5) is 10.1. The number of imidazole rings is 1. The van der Waals surface area contributed by atoms with Crippen LogP contribution in [0.3, 0.4) is 0 Å². The van der Waals surface area contributed by atoms with Gasteiger partial charge in [0.2, 0.25) is 0 Å². The van der Waals surface area contributed by atoms with Crippen LogP contribution in [0.5, 0.6) is 0 Å². The molecule has 2 aromatic rings. The maximum absolute atomic E-state index is 4.57. The lowest BCUT2D eigenvalue weighted by Gasteiger charge is -2.23. The van der Waals surface area contributed by atoms with E-state index in [1.54, 1.807) is 11.3 Å². The maximum atomic E-state index is 4.57. The number of nitrogens with zero attached hydrogens (tertiary/aromatic N) is 3. The zero-order valence-electron chi connectivity index (χ0n) is 11.9. The molecule has 19 heavy (non-hydrogen) atoms. The first-order chi connectivity index (χ1) is 8.98. The molecule has 0 bridgehead atoms. The Hall–Kier alpha value is -1.56. The smallest absolute Gasteiger partial charge is 0.193 e. The molecule has 0 aliphatic heterocycles. The van der Waals surface area contributed by atoms with Crippen molar-refractivity contribution < 1.29 is 0 Å². The fourth-order valence-corrected chi connectivity index (χ4v) is 2.39. The van der Waals surface area contributed by atoms with Crippen LogP contribution in [0.15, 0.2) is 22.8 Å². The van der Waals surface area contributed by atoms with Crippen LogP contribution < -0.4 is 10.6 Å². The average Bonchev–Trinajstić information content (AvgIpc) is 2.84. The predicted molar refractivity (Wildman–Crippen MR) is 80.8 cm³/mol. The van der Waals surface area contributed by atoms with E-state index in [0.29, 0.717) is 6.54 Å². The van der Waals surface area contributed by atoms with Gasteiger partial charge in [0.05, 0.1) is 12.2 Å². The Kier molecular flexibility index (Phi) is 4.09. The molecule has 0 amide bonds. The lowest BCUT2D eigenvalue weighted by molar-refractivity contribution is 0.501. The maximum Gasteiger partial charge on any atom is 0.193 e. The van der Waals surface area contributed by atoms with Crippen molar-refractivity contribution in [2.24, 2.45) is 4.99 Å². The van der Waals surface area contributed by atoms with Crippen molar-refractivity contribution in [2.75, 3.05) is 6.54 Å². The second-order valence-electron chi connectivity index (χ2n) is 5.40. The third kappa shape index (κ3) is 3.96.